The fourth-order valence-corrected chi connectivity index (χ4v) is 5.37. The van der Waals surface area contributed by atoms with E-state index in [9.17, 15) is 0 Å². The number of para-hydroxylation sites is 4. The van der Waals surface area contributed by atoms with Crippen LogP contribution >= 0.6 is 0 Å². The SMILES string of the molecule is c1ccc(Cn2c(CNc3nc4ccccc4n3CC[NH+]3CCCCC3)nc3ccccc32)cc1. The molecule has 0 spiro atoms. The summed E-state index contributed by atoms with van der Waals surface area (Å²) in [5.41, 5.74) is 5.71. The highest BCUT2D eigenvalue weighted by Crippen LogP contribution is 2.22. The number of hydrogen-bond donors (Lipinski definition) is 2. The Morgan fingerprint density at radius 1 is 0.714 bits per heavy atom. The van der Waals surface area contributed by atoms with Crippen LogP contribution in [0.1, 0.15) is 30.7 Å². The first kappa shape index (κ1) is 21.9. The van der Waals surface area contributed by atoms with Crippen molar-refractivity contribution in [2.24, 2.45) is 0 Å². The highest BCUT2D eigenvalue weighted by atomic mass is 15.2. The van der Waals surface area contributed by atoms with Crippen LogP contribution in [0, 0.1) is 0 Å². The number of benzene rings is 3. The van der Waals surface area contributed by atoms with Crippen LogP contribution in [0.3, 0.4) is 0 Å². The normalized spacial score (nSPS) is 14.6. The van der Waals surface area contributed by atoms with Crippen molar-refractivity contribution in [2.45, 2.75) is 38.9 Å². The van der Waals surface area contributed by atoms with E-state index in [-0.39, 0.29) is 0 Å². The molecule has 2 N–H and O–H groups in total. The molecule has 6 heteroatoms. The molecule has 6 rings (SSSR count). The molecule has 0 saturated carbocycles. The largest absolute Gasteiger partial charge is 0.348 e. The maximum Gasteiger partial charge on any atom is 0.204 e. The molecule has 1 fully saturated rings. The summed E-state index contributed by atoms with van der Waals surface area (Å²) in [7, 11) is 0. The summed E-state index contributed by atoms with van der Waals surface area (Å²) in [4.78, 5) is 11.7. The molecule has 0 amide bonds. The summed E-state index contributed by atoms with van der Waals surface area (Å²) >= 11 is 0. The third kappa shape index (κ3) is 4.66. The minimum absolute atomic E-state index is 0.626. The molecule has 0 aliphatic carbocycles. The lowest BCUT2D eigenvalue weighted by atomic mass is 10.1. The number of piperidine rings is 1. The zero-order valence-electron chi connectivity index (χ0n) is 20.2. The van der Waals surface area contributed by atoms with Crippen LogP contribution in [-0.2, 0) is 19.6 Å². The molecule has 1 saturated heterocycles. The van der Waals surface area contributed by atoms with Crippen LogP contribution < -0.4 is 10.2 Å². The van der Waals surface area contributed by atoms with Crippen molar-refractivity contribution < 1.29 is 4.90 Å². The van der Waals surface area contributed by atoms with Crippen LogP contribution in [0.4, 0.5) is 5.95 Å². The van der Waals surface area contributed by atoms with Crippen molar-refractivity contribution >= 4 is 28.0 Å². The molecule has 5 aromatic rings. The van der Waals surface area contributed by atoms with Crippen molar-refractivity contribution in [1.29, 1.82) is 0 Å². The van der Waals surface area contributed by atoms with Gasteiger partial charge in [0, 0.05) is 6.54 Å². The van der Waals surface area contributed by atoms with Gasteiger partial charge in [-0.2, -0.15) is 0 Å². The molecule has 178 valence electrons. The topological polar surface area (TPSA) is 52.1 Å². The number of likely N-dealkylation sites (tertiary alicyclic amines) is 1. The van der Waals surface area contributed by atoms with Gasteiger partial charge in [-0.15, -0.1) is 0 Å². The summed E-state index contributed by atoms with van der Waals surface area (Å²) in [6.07, 6.45) is 4.08. The summed E-state index contributed by atoms with van der Waals surface area (Å²) in [6, 6.07) is 27.5. The van der Waals surface area contributed by atoms with Crippen molar-refractivity contribution in [1.82, 2.24) is 19.1 Å². The zero-order valence-corrected chi connectivity index (χ0v) is 20.2. The number of nitrogens with zero attached hydrogens (tertiary/aromatic N) is 4. The van der Waals surface area contributed by atoms with Gasteiger partial charge >= 0.3 is 0 Å². The number of anilines is 1. The predicted octanol–water partition coefficient (Wildman–Crippen LogP) is 4.12. The maximum atomic E-state index is 4.99. The standard InChI is InChI=1S/C29H32N6/c1-3-11-23(12-4-1)22-35-27-16-8-5-13-24(27)31-28(35)21-30-29-32-25-14-6-7-15-26(25)34(29)20-19-33-17-9-2-10-18-33/h1,3-8,11-16H,2,9-10,17-22H2,(H,30,32)/p+1. The van der Waals surface area contributed by atoms with E-state index in [2.05, 4.69) is 93.3 Å². The lowest BCUT2D eigenvalue weighted by Crippen LogP contribution is -3.13. The average molecular weight is 466 g/mol. The van der Waals surface area contributed by atoms with Crippen molar-refractivity contribution in [3.8, 4) is 0 Å². The number of aromatic nitrogens is 4. The number of rotatable bonds is 8. The smallest absolute Gasteiger partial charge is 0.204 e. The Labute approximate surface area is 206 Å². The van der Waals surface area contributed by atoms with E-state index in [1.807, 2.05) is 0 Å². The van der Waals surface area contributed by atoms with E-state index < -0.39 is 0 Å². The van der Waals surface area contributed by atoms with E-state index >= 15 is 0 Å². The first-order chi connectivity index (χ1) is 17.3. The first-order valence-electron chi connectivity index (χ1n) is 12.9. The van der Waals surface area contributed by atoms with Crippen LogP contribution in [0.15, 0.2) is 78.9 Å². The fraction of sp³-hybridized carbons (Fsp3) is 0.310. The number of hydrogen-bond acceptors (Lipinski definition) is 3. The molecule has 0 unspecified atom stereocenters. The van der Waals surface area contributed by atoms with E-state index in [0.29, 0.717) is 6.54 Å². The monoisotopic (exact) mass is 465 g/mol. The number of imidazole rings is 2. The molecule has 6 nitrogen and oxygen atoms in total. The van der Waals surface area contributed by atoms with Gasteiger partial charge in [-0.1, -0.05) is 54.6 Å². The molecular formula is C29H33N6+. The highest BCUT2D eigenvalue weighted by molar-refractivity contribution is 5.79. The van der Waals surface area contributed by atoms with Gasteiger partial charge in [-0.05, 0) is 49.1 Å². The van der Waals surface area contributed by atoms with Crippen LogP contribution in [0.25, 0.3) is 22.1 Å². The zero-order chi connectivity index (χ0) is 23.5. The maximum absolute atomic E-state index is 4.99. The van der Waals surface area contributed by atoms with Crippen molar-refractivity contribution in [3.05, 3.63) is 90.3 Å². The number of nitrogens with one attached hydrogen (secondary N) is 2. The second-order valence-electron chi connectivity index (χ2n) is 9.58. The van der Waals surface area contributed by atoms with Crippen LogP contribution in [0.5, 0.6) is 0 Å². The van der Waals surface area contributed by atoms with Gasteiger partial charge in [0.1, 0.15) is 5.82 Å². The molecule has 2 aromatic heterocycles. The minimum atomic E-state index is 0.626. The van der Waals surface area contributed by atoms with Crippen LogP contribution in [0.2, 0.25) is 0 Å². The molecule has 3 aromatic carbocycles. The van der Waals surface area contributed by atoms with Gasteiger partial charge < -0.3 is 19.4 Å². The van der Waals surface area contributed by atoms with Gasteiger partial charge in [0.05, 0.1) is 54.8 Å². The summed E-state index contributed by atoms with van der Waals surface area (Å²) < 4.78 is 4.68. The van der Waals surface area contributed by atoms with Gasteiger partial charge in [-0.25, -0.2) is 9.97 Å². The van der Waals surface area contributed by atoms with Gasteiger partial charge in [0.15, 0.2) is 0 Å². The Bertz CT molecular complexity index is 1410. The number of quaternary nitrogens is 1. The Balaban J connectivity index is 1.28. The van der Waals surface area contributed by atoms with E-state index in [1.54, 1.807) is 4.90 Å². The molecule has 0 radical (unpaired) electrons. The predicted molar refractivity (Wildman–Crippen MR) is 142 cm³/mol. The van der Waals surface area contributed by atoms with E-state index in [4.69, 9.17) is 9.97 Å². The van der Waals surface area contributed by atoms with Gasteiger partial charge in [0.2, 0.25) is 5.95 Å². The summed E-state index contributed by atoms with van der Waals surface area (Å²) in [5.74, 6) is 1.95. The van der Waals surface area contributed by atoms with Gasteiger partial charge in [0.25, 0.3) is 0 Å². The lowest BCUT2D eigenvalue weighted by Gasteiger charge is -2.24. The van der Waals surface area contributed by atoms with Crippen molar-refractivity contribution in [2.75, 3.05) is 25.0 Å². The Morgan fingerprint density at radius 2 is 1.37 bits per heavy atom. The first-order valence-corrected chi connectivity index (χ1v) is 12.9. The lowest BCUT2D eigenvalue weighted by molar-refractivity contribution is -0.905. The molecule has 0 bridgehead atoms. The summed E-state index contributed by atoms with van der Waals surface area (Å²) in [6.45, 7) is 6.12. The van der Waals surface area contributed by atoms with E-state index in [1.165, 1.54) is 43.4 Å². The Morgan fingerprint density at radius 3 is 2.14 bits per heavy atom. The molecule has 3 heterocycles. The second kappa shape index (κ2) is 9.92. The molecule has 35 heavy (non-hydrogen) atoms. The third-order valence-corrected chi connectivity index (χ3v) is 7.23. The molecule has 0 atom stereocenters. The molecule has 1 aliphatic heterocycles. The number of fused-ring (bicyclic) bond motifs is 2. The quantitative estimate of drug-likeness (QED) is 0.363. The minimum Gasteiger partial charge on any atom is -0.348 e. The summed E-state index contributed by atoms with van der Waals surface area (Å²) in [5, 5.41) is 3.65. The average Bonchev–Trinajstić information content (AvgIpc) is 3.45. The van der Waals surface area contributed by atoms with Crippen LogP contribution in [-0.4, -0.2) is 38.7 Å². The molecular weight excluding hydrogens is 432 g/mol. The second-order valence-corrected chi connectivity index (χ2v) is 9.58. The van der Waals surface area contributed by atoms with E-state index in [0.717, 1.165) is 48.0 Å². The Hall–Kier alpha value is -3.64. The fourth-order valence-electron chi connectivity index (χ4n) is 5.37. The van der Waals surface area contributed by atoms with Gasteiger partial charge in [-0.3, -0.25) is 0 Å². The van der Waals surface area contributed by atoms with Crippen molar-refractivity contribution in [3.63, 3.8) is 0 Å². The Kier molecular flexibility index (Phi) is 6.20. The molecule has 1 aliphatic rings. The highest BCUT2D eigenvalue weighted by Gasteiger charge is 2.17. The third-order valence-electron chi connectivity index (χ3n) is 7.23.